The highest BCUT2D eigenvalue weighted by atomic mass is 28.4. The predicted octanol–water partition coefficient (Wildman–Crippen LogP) is 6.12. The molecule has 0 unspecified atom stereocenters. The van der Waals surface area contributed by atoms with Crippen LogP contribution >= 0.6 is 0 Å². The lowest BCUT2D eigenvalue weighted by Gasteiger charge is -2.37. The lowest BCUT2D eigenvalue weighted by Crippen LogP contribution is -2.43. The minimum absolute atomic E-state index is 0.225. The van der Waals surface area contributed by atoms with E-state index in [1.165, 1.54) is 0 Å². The third-order valence-corrected chi connectivity index (χ3v) is 11.3. The Labute approximate surface area is 183 Å². The minimum atomic E-state index is -1.70. The maximum absolute atomic E-state index is 12.4. The van der Waals surface area contributed by atoms with Crippen LogP contribution in [0, 0.1) is 16.7 Å². The first-order chi connectivity index (χ1) is 14.1. The number of rotatable bonds is 8. The van der Waals surface area contributed by atoms with Gasteiger partial charge < -0.3 is 14.1 Å². The Kier molecular flexibility index (Phi) is 8.51. The van der Waals surface area contributed by atoms with Crippen molar-refractivity contribution in [3.8, 4) is 6.07 Å². The monoisotopic (exact) mass is 430 g/mol. The van der Waals surface area contributed by atoms with Crippen molar-refractivity contribution >= 4 is 14.4 Å². The van der Waals surface area contributed by atoms with Gasteiger partial charge in [0.15, 0.2) is 8.32 Å². The predicted molar refractivity (Wildman–Crippen MR) is 122 cm³/mol. The number of hydrogen-bond acceptors (Lipinski definition) is 4. The van der Waals surface area contributed by atoms with Crippen LogP contribution in [0.15, 0.2) is 30.3 Å². The molecule has 1 aromatic carbocycles. The number of ether oxygens (including phenoxy) is 1. The molecule has 1 aromatic rings. The average Bonchev–Trinajstić information content (AvgIpc) is 2.72. The fourth-order valence-electron chi connectivity index (χ4n) is 3.45. The number of hydrogen-bond donors (Lipinski definition) is 0. The van der Waals surface area contributed by atoms with Crippen LogP contribution in [0.25, 0.3) is 0 Å². The van der Waals surface area contributed by atoms with E-state index < -0.39 is 8.32 Å². The van der Waals surface area contributed by atoms with E-state index in [2.05, 4.69) is 39.9 Å². The fraction of sp³-hybridized carbons (Fsp3) is 0.667. The summed E-state index contributed by atoms with van der Waals surface area (Å²) >= 11 is 0. The molecule has 1 saturated heterocycles. The number of amides is 1. The van der Waals surface area contributed by atoms with Crippen LogP contribution in [0.2, 0.25) is 18.1 Å². The van der Waals surface area contributed by atoms with Crippen molar-refractivity contribution in [2.24, 2.45) is 5.41 Å². The molecule has 0 saturated carbocycles. The summed E-state index contributed by atoms with van der Waals surface area (Å²) in [6.45, 7) is 13.5. The SMILES string of the molecule is CC(C)(C)[Si](C)(C)OCCCCC1(C#N)CCN(C(=O)OCc2ccccc2)CC1. The molecular weight excluding hydrogens is 392 g/mol. The Balaban J connectivity index is 1.71. The van der Waals surface area contributed by atoms with Crippen LogP contribution in [-0.2, 0) is 15.8 Å². The Morgan fingerprint density at radius 2 is 1.80 bits per heavy atom. The molecule has 2 rings (SSSR count). The Morgan fingerprint density at radius 1 is 1.17 bits per heavy atom. The molecular formula is C24H38N2O3Si. The molecule has 1 aliphatic rings. The van der Waals surface area contributed by atoms with Gasteiger partial charge in [0.25, 0.3) is 0 Å². The standard InChI is InChI=1S/C24H38N2O3Si/c1-23(2,3)30(4,5)29-18-10-9-13-24(20-25)14-16-26(17-15-24)22(27)28-19-21-11-7-6-8-12-21/h6-8,11-12H,9-10,13-19H2,1-5H3. The van der Waals surface area contributed by atoms with Gasteiger partial charge >= 0.3 is 6.09 Å². The van der Waals surface area contributed by atoms with E-state index in [4.69, 9.17) is 9.16 Å². The zero-order chi connectivity index (χ0) is 22.3. The third-order valence-electron chi connectivity index (χ3n) is 6.74. The summed E-state index contributed by atoms with van der Waals surface area (Å²) in [4.78, 5) is 14.1. The van der Waals surface area contributed by atoms with E-state index in [-0.39, 0.29) is 23.2 Å². The van der Waals surface area contributed by atoms with Gasteiger partial charge in [0.1, 0.15) is 6.61 Å². The average molecular weight is 431 g/mol. The number of benzene rings is 1. The second kappa shape index (κ2) is 10.5. The highest BCUT2D eigenvalue weighted by Gasteiger charge is 2.38. The van der Waals surface area contributed by atoms with Crippen molar-refractivity contribution in [3.63, 3.8) is 0 Å². The van der Waals surface area contributed by atoms with Crippen molar-refractivity contribution in [2.45, 2.75) is 77.6 Å². The third kappa shape index (κ3) is 6.85. The lowest BCUT2D eigenvalue weighted by molar-refractivity contribution is 0.0713. The van der Waals surface area contributed by atoms with Crippen molar-refractivity contribution in [1.29, 1.82) is 5.26 Å². The summed E-state index contributed by atoms with van der Waals surface area (Å²) in [5.74, 6) is 0. The largest absolute Gasteiger partial charge is 0.445 e. The van der Waals surface area contributed by atoms with Crippen LogP contribution in [0.3, 0.4) is 0 Å². The fourth-order valence-corrected chi connectivity index (χ4v) is 4.54. The summed E-state index contributed by atoms with van der Waals surface area (Å²) < 4.78 is 11.7. The van der Waals surface area contributed by atoms with Gasteiger partial charge in [-0.25, -0.2) is 4.79 Å². The first-order valence-corrected chi connectivity index (χ1v) is 14.0. The number of nitriles is 1. The van der Waals surface area contributed by atoms with Crippen LogP contribution < -0.4 is 0 Å². The molecule has 6 heteroatoms. The minimum Gasteiger partial charge on any atom is -0.445 e. The maximum Gasteiger partial charge on any atom is 0.410 e. The number of unbranched alkanes of at least 4 members (excludes halogenated alkanes) is 1. The number of likely N-dealkylation sites (tertiary alicyclic amines) is 1. The van der Waals surface area contributed by atoms with E-state index in [1.54, 1.807) is 4.90 Å². The van der Waals surface area contributed by atoms with Gasteiger partial charge in [0.2, 0.25) is 0 Å². The summed E-state index contributed by atoms with van der Waals surface area (Å²) in [5, 5.41) is 10.0. The number of carbonyl (C=O) groups excluding carboxylic acids is 1. The molecule has 1 amide bonds. The van der Waals surface area contributed by atoms with Gasteiger partial charge in [0, 0.05) is 19.7 Å². The number of nitrogens with zero attached hydrogens (tertiary/aromatic N) is 2. The van der Waals surface area contributed by atoms with Crippen molar-refractivity contribution in [2.75, 3.05) is 19.7 Å². The highest BCUT2D eigenvalue weighted by Crippen LogP contribution is 2.38. The molecule has 0 N–H and O–H groups in total. The lowest BCUT2D eigenvalue weighted by atomic mass is 9.76. The first-order valence-electron chi connectivity index (χ1n) is 11.1. The normalized spacial score (nSPS) is 16.7. The Hall–Kier alpha value is -1.84. The van der Waals surface area contributed by atoms with Gasteiger partial charge in [-0.1, -0.05) is 51.1 Å². The molecule has 1 fully saturated rings. The van der Waals surface area contributed by atoms with E-state index in [0.29, 0.717) is 25.9 Å². The molecule has 1 aliphatic heterocycles. The first kappa shape index (κ1) is 24.4. The topological polar surface area (TPSA) is 62.6 Å². The highest BCUT2D eigenvalue weighted by molar-refractivity contribution is 6.74. The molecule has 1 heterocycles. The second-order valence-electron chi connectivity index (χ2n) is 9.99. The molecule has 5 nitrogen and oxygen atoms in total. The quantitative estimate of drug-likeness (QED) is 0.368. The van der Waals surface area contributed by atoms with Gasteiger partial charge in [-0.05, 0) is 55.8 Å². The maximum atomic E-state index is 12.4. The Morgan fingerprint density at radius 3 is 2.37 bits per heavy atom. The van der Waals surface area contributed by atoms with Crippen molar-refractivity contribution < 1.29 is 14.0 Å². The number of carbonyl (C=O) groups is 1. The molecule has 0 aromatic heterocycles. The van der Waals surface area contributed by atoms with Gasteiger partial charge in [-0.15, -0.1) is 0 Å². The molecule has 30 heavy (non-hydrogen) atoms. The summed E-state index contributed by atoms with van der Waals surface area (Å²) in [6.07, 6.45) is 3.99. The van der Waals surface area contributed by atoms with E-state index >= 15 is 0 Å². The van der Waals surface area contributed by atoms with E-state index in [9.17, 15) is 10.1 Å². The summed E-state index contributed by atoms with van der Waals surface area (Å²) in [7, 11) is -1.70. The molecule has 0 aliphatic carbocycles. The molecule has 0 radical (unpaired) electrons. The van der Waals surface area contributed by atoms with E-state index in [1.807, 2.05) is 30.3 Å². The van der Waals surface area contributed by atoms with Crippen molar-refractivity contribution in [1.82, 2.24) is 4.90 Å². The smallest absolute Gasteiger partial charge is 0.410 e. The molecule has 166 valence electrons. The summed E-state index contributed by atoms with van der Waals surface area (Å²) in [6, 6.07) is 12.3. The molecule has 0 bridgehead atoms. The zero-order valence-corrected chi connectivity index (χ0v) is 20.4. The van der Waals surface area contributed by atoms with Gasteiger partial charge in [-0.3, -0.25) is 0 Å². The zero-order valence-electron chi connectivity index (χ0n) is 19.4. The Bertz CT molecular complexity index is 714. The van der Waals surface area contributed by atoms with Gasteiger partial charge in [-0.2, -0.15) is 5.26 Å². The van der Waals surface area contributed by atoms with Crippen molar-refractivity contribution in [3.05, 3.63) is 35.9 Å². The summed E-state index contributed by atoms with van der Waals surface area (Å²) in [5.41, 5.74) is 0.654. The van der Waals surface area contributed by atoms with Crippen LogP contribution in [-0.4, -0.2) is 39.0 Å². The van der Waals surface area contributed by atoms with E-state index in [0.717, 1.165) is 31.4 Å². The van der Waals surface area contributed by atoms with Gasteiger partial charge in [0.05, 0.1) is 11.5 Å². The van der Waals surface area contributed by atoms with Crippen LogP contribution in [0.5, 0.6) is 0 Å². The molecule has 0 atom stereocenters. The molecule has 0 spiro atoms. The second-order valence-corrected chi connectivity index (χ2v) is 14.8. The number of piperidine rings is 1. The van der Waals surface area contributed by atoms with Crippen LogP contribution in [0.4, 0.5) is 4.79 Å². The van der Waals surface area contributed by atoms with Crippen LogP contribution in [0.1, 0.15) is 58.4 Å².